The quantitative estimate of drug-likeness (QED) is 0.813. The first kappa shape index (κ1) is 13.4. The van der Waals surface area contributed by atoms with Crippen molar-refractivity contribution in [2.75, 3.05) is 13.1 Å². The average molecular weight is 248 g/mol. The van der Waals surface area contributed by atoms with Gasteiger partial charge in [-0.25, -0.2) is 8.42 Å². The van der Waals surface area contributed by atoms with Gasteiger partial charge in [-0.15, -0.1) is 0 Å². The van der Waals surface area contributed by atoms with Crippen molar-refractivity contribution in [2.24, 2.45) is 17.6 Å². The minimum absolute atomic E-state index is 0.419. The Morgan fingerprint density at radius 3 is 2.25 bits per heavy atom. The molecule has 0 bridgehead atoms. The molecule has 0 radical (unpaired) electrons. The molecule has 0 aromatic carbocycles. The molecule has 6 heteroatoms. The Morgan fingerprint density at radius 1 is 1.38 bits per heavy atom. The van der Waals surface area contributed by atoms with E-state index in [0.29, 0.717) is 24.9 Å². The largest absolute Gasteiger partial charge is 0.355 e. The van der Waals surface area contributed by atoms with Crippen LogP contribution in [0.4, 0.5) is 4.79 Å². The number of hydrogen-bond donors (Lipinski definition) is 1. The number of carbonyl (C=O) groups is 1. The van der Waals surface area contributed by atoms with E-state index >= 15 is 0 Å². The second-order valence-electron chi connectivity index (χ2n) is 4.80. The summed E-state index contributed by atoms with van der Waals surface area (Å²) in [6.45, 7) is 5.16. The van der Waals surface area contributed by atoms with Crippen molar-refractivity contribution < 1.29 is 13.2 Å². The SMILES string of the molecule is CC(C)CC1CCN(S(=O)(=O)C(N)=O)CC1. The fourth-order valence-corrected chi connectivity index (χ4v) is 3.13. The molecule has 0 aromatic heterocycles. The van der Waals surface area contributed by atoms with Gasteiger partial charge in [-0.1, -0.05) is 13.8 Å². The molecule has 1 aliphatic heterocycles. The molecule has 0 spiro atoms. The molecular formula is C10H20N2O3S. The Kier molecular flexibility index (Phi) is 4.32. The van der Waals surface area contributed by atoms with Crippen molar-refractivity contribution in [1.82, 2.24) is 4.31 Å². The van der Waals surface area contributed by atoms with E-state index in [1.54, 1.807) is 0 Å². The first-order chi connectivity index (χ1) is 7.34. The van der Waals surface area contributed by atoms with Crippen LogP contribution in [0.3, 0.4) is 0 Å². The molecule has 2 N–H and O–H groups in total. The smallest absolute Gasteiger partial charge is 0.349 e. The maximum atomic E-state index is 11.5. The van der Waals surface area contributed by atoms with E-state index in [4.69, 9.17) is 5.73 Å². The maximum Gasteiger partial charge on any atom is 0.349 e. The van der Waals surface area contributed by atoms with Gasteiger partial charge >= 0.3 is 5.24 Å². The fraction of sp³-hybridized carbons (Fsp3) is 0.900. The second-order valence-corrected chi connectivity index (χ2v) is 6.66. The number of carbonyl (C=O) groups excluding carboxylic acids is 1. The molecule has 1 heterocycles. The first-order valence-electron chi connectivity index (χ1n) is 5.63. The summed E-state index contributed by atoms with van der Waals surface area (Å²) in [4.78, 5) is 10.8. The summed E-state index contributed by atoms with van der Waals surface area (Å²) in [7, 11) is -3.88. The number of piperidine rings is 1. The van der Waals surface area contributed by atoms with Gasteiger partial charge in [-0.05, 0) is 31.1 Å². The summed E-state index contributed by atoms with van der Waals surface area (Å²) in [5.41, 5.74) is 4.85. The first-order valence-corrected chi connectivity index (χ1v) is 7.07. The zero-order valence-corrected chi connectivity index (χ0v) is 10.7. The number of primary amides is 1. The number of rotatable bonds is 3. The highest BCUT2D eigenvalue weighted by Crippen LogP contribution is 2.25. The topological polar surface area (TPSA) is 80.5 Å². The Balaban J connectivity index is 2.53. The Labute approximate surface area is 97.0 Å². The Bertz CT molecular complexity index is 343. The zero-order chi connectivity index (χ0) is 12.3. The van der Waals surface area contributed by atoms with Gasteiger partial charge in [-0.2, -0.15) is 4.31 Å². The van der Waals surface area contributed by atoms with Gasteiger partial charge in [0.2, 0.25) is 0 Å². The molecule has 1 saturated heterocycles. The van der Waals surface area contributed by atoms with Crippen LogP contribution >= 0.6 is 0 Å². The van der Waals surface area contributed by atoms with Gasteiger partial charge in [0.1, 0.15) is 0 Å². The third-order valence-corrected chi connectivity index (χ3v) is 4.53. The van der Waals surface area contributed by atoms with Crippen LogP contribution in [-0.2, 0) is 10.0 Å². The molecule has 1 amide bonds. The second kappa shape index (κ2) is 5.14. The summed E-state index contributed by atoms with van der Waals surface area (Å²) in [5.74, 6) is 1.20. The lowest BCUT2D eigenvalue weighted by Gasteiger charge is -2.30. The standard InChI is InChI=1S/C10H20N2O3S/c1-8(2)7-9-3-5-12(6-4-9)16(14,15)10(11)13/h8-9H,3-7H2,1-2H3,(H2,11,13). The minimum atomic E-state index is -3.88. The third-order valence-electron chi connectivity index (χ3n) is 2.97. The van der Waals surface area contributed by atoms with Gasteiger partial charge in [0.15, 0.2) is 0 Å². The Hall–Kier alpha value is -0.620. The van der Waals surface area contributed by atoms with E-state index < -0.39 is 15.3 Å². The van der Waals surface area contributed by atoms with Crippen molar-refractivity contribution in [1.29, 1.82) is 0 Å². The molecule has 0 saturated carbocycles. The molecule has 1 aliphatic rings. The molecule has 1 fully saturated rings. The summed E-state index contributed by atoms with van der Waals surface area (Å²) >= 11 is 0. The molecule has 94 valence electrons. The normalized spacial score (nSPS) is 20.2. The summed E-state index contributed by atoms with van der Waals surface area (Å²) in [6.07, 6.45) is 2.76. The zero-order valence-electron chi connectivity index (χ0n) is 9.85. The maximum absolute atomic E-state index is 11.5. The molecule has 16 heavy (non-hydrogen) atoms. The van der Waals surface area contributed by atoms with E-state index in [0.717, 1.165) is 19.3 Å². The van der Waals surface area contributed by atoms with E-state index in [-0.39, 0.29) is 0 Å². The average Bonchev–Trinajstić information content (AvgIpc) is 2.17. The van der Waals surface area contributed by atoms with Crippen LogP contribution in [0.2, 0.25) is 0 Å². The highest BCUT2D eigenvalue weighted by atomic mass is 32.2. The predicted molar refractivity (Wildman–Crippen MR) is 62.3 cm³/mol. The van der Waals surface area contributed by atoms with Crippen LogP contribution < -0.4 is 5.73 Å². The highest BCUT2D eigenvalue weighted by molar-refractivity contribution is 8.03. The van der Waals surface area contributed by atoms with Crippen molar-refractivity contribution >= 4 is 15.3 Å². The summed E-state index contributed by atoms with van der Waals surface area (Å²) in [6, 6.07) is 0. The van der Waals surface area contributed by atoms with Crippen LogP contribution in [0.15, 0.2) is 0 Å². The molecule has 0 aliphatic carbocycles. The third kappa shape index (κ3) is 3.18. The van der Waals surface area contributed by atoms with Crippen LogP contribution in [0.25, 0.3) is 0 Å². The van der Waals surface area contributed by atoms with Gasteiger partial charge in [0.05, 0.1) is 0 Å². The van der Waals surface area contributed by atoms with E-state index in [9.17, 15) is 13.2 Å². The molecule has 0 unspecified atom stereocenters. The van der Waals surface area contributed by atoms with E-state index in [1.165, 1.54) is 4.31 Å². The van der Waals surface area contributed by atoms with Crippen LogP contribution in [0.1, 0.15) is 33.1 Å². The molecule has 1 rings (SSSR count). The van der Waals surface area contributed by atoms with E-state index in [1.807, 2.05) is 0 Å². The monoisotopic (exact) mass is 248 g/mol. The van der Waals surface area contributed by atoms with Crippen LogP contribution in [0, 0.1) is 11.8 Å². The van der Waals surface area contributed by atoms with Crippen molar-refractivity contribution in [3.05, 3.63) is 0 Å². The predicted octanol–water partition coefficient (Wildman–Crippen LogP) is 1.15. The van der Waals surface area contributed by atoms with Crippen molar-refractivity contribution in [3.8, 4) is 0 Å². The molecular weight excluding hydrogens is 228 g/mol. The van der Waals surface area contributed by atoms with Gasteiger partial charge in [0, 0.05) is 13.1 Å². The van der Waals surface area contributed by atoms with Crippen LogP contribution in [0.5, 0.6) is 0 Å². The molecule has 5 nitrogen and oxygen atoms in total. The minimum Gasteiger partial charge on any atom is -0.355 e. The fourth-order valence-electron chi connectivity index (χ4n) is 2.18. The summed E-state index contributed by atoms with van der Waals surface area (Å²) in [5, 5.41) is -1.24. The molecule has 0 aromatic rings. The van der Waals surface area contributed by atoms with Crippen molar-refractivity contribution in [3.63, 3.8) is 0 Å². The lowest BCUT2D eigenvalue weighted by molar-refractivity contribution is 0.240. The number of nitrogens with two attached hydrogens (primary N) is 1. The highest BCUT2D eigenvalue weighted by Gasteiger charge is 2.31. The van der Waals surface area contributed by atoms with Crippen molar-refractivity contribution in [2.45, 2.75) is 33.1 Å². The lowest BCUT2D eigenvalue weighted by atomic mass is 9.89. The summed E-state index contributed by atoms with van der Waals surface area (Å²) < 4.78 is 24.1. The Morgan fingerprint density at radius 2 is 1.88 bits per heavy atom. The molecule has 0 atom stereocenters. The van der Waals surface area contributed by atoms with Gasteiger partial charge in [-0.3, -0.25) is 4.79 Å². The number of amides is 1. The van der Waals surface area contributed by atoms with Gasteiger partial charge in [0.25, 0.3) is 10.0 Å². The van der Waals surface area contributed by atoms with E-state index in [2.05, 4.69) is 13.8 Å². The van der Waals surface area contributed by atoms with Crippen LogP contribution in [-0.4, -0.2) is 31.1 Å². The lowest BCUT2D eigenvalue weighted by Crippen LogP contribution is -2.43. The van der Waals surface area contributed by atoms with Gasteiger partial charge < -0.3 is 5.73 Å². The number of hydrogen-bond acceptors (Lipinski definition) is 3. The number of nitrogens with zero attached hydrogens (tertiary/aromatic N) is 1. The number of sulfonamides is 1.